The summed E-state index contributed by atoms with van der Waals surface area (Å²) < 4.78 is 0.272. The van der Waals surface area contributed by atoms with E-state index in [0.29, 0.717) is 13.0 Å². The van der Waals surface area contributed by atoms with Gasteiger partial charge in [-0.3, -0.25) is 4.79 Å². The molecule has 1 aliphatic rings. The summed E-state index contributed by atoms with van der Waals surface area (Å²) in [6.45, 7) is 7.09. The Balaban J connectivity index is 2.21. The number of thioether (sulfide) groups is 1. The lowest BCUT2D eigenvalue weighted by Crippen LogP contribution is -2.42. The van der Waals surface area contributed by atoms with Crippen LogP contribution in [0.3, 0.4) is 0 Å². The number of hydrogen-bond acceptors (Lipinski definition) is 3. The minimum Gasteiger partial charge on any atom is -0.388 e. The van der Waals surface area contributed by atoms with Crippen molar-refractivity contribution in [3.63, 3.8) is 0 Å². The molecule has 1 saturated carbocycles. The van der Waals surface area contributed by atoms with Crippen molar-refractivity contribution in [3.05, 3.63) is 0 Å². The van der Waals surface area contributed by atoms with Crippen molar-refractivity contribution in [3.8, 4) is 0 Å². The molecule has 1 rings (SSSR count). The van der Waals surface area contributed by atoms with Gasteiger partial charge in [-0.1, -0.05) is 33.6 Å². The minimum atomic E-state index is -0.620. The highest BCUT2D eigenvalue weighted by Gasteiger charge is 2.33. The summed E-state index contributed by atoms with van der Waals surface area (Å²) in [4.78, 5) is 13.7. The van der Waals surface area contributed by atoms with Crippen LogP contribution in [0.15, 0.2) is 0 Å². The molecule has 4 heteroatoms. The molecule has 1 N–H and O–H groups in total. The molecule has 0 aliphatic heterocycles. The van der Waals surface area contributed by atoms with Crippen LogP contribution in [0.5, 0.6) is 0 Å². The first-order chi connectivity index (χ1) is 8.72. The maximum Gasteiger partial charge on any atom is 0.222 e. The smallest absolute Gasteiger partial charge is 0.222 e. The highest BCUT2D eigenvalue weighted by Crippen LogP contribution is 2.30. The number of carbonyl (C=O) groups excluding carboxylic acids is 1. The molecule has 0 heterocycles. The predicted molar refractivity (Wildman–Crippen MR) is 82.5 cm³/mol. The summed E-state index contributed by atoms with van der Waals surface area (Å²) in [5.74, 6) is 1.18. The molecule has 3 nitrogen and oxygen atoms in total. The number of carbonyl (C=O) groups is 1. The van der Waals surface area contributed by atoms with Gasteiger partial charge in [-0.15, -0.1) is 0 Å². The third-order valence-electron chi connectivity index (χ3n) is 3.56. The lowest BCUT2D eigenvalue weighted by atomic mass is 10.0. The second-order valence-electron chi connectivity index (χ2n) is 6.75. The lowest BCUT2D eigenvalue weighted by Gasteiger charge is -2.28. The average molecular weight is 287 g/mol. The van der Waals surface area contributed by atoms with Crippen LogP contribution in [0, 0.1) is 0 Å². The van der Waals surface area contributed by atoms with Crippen LogP contribution in [-0.4, -0.2) is 45.6 Å². The fourth-order valence-corrected chi connectivity index (χ4v) is 3.41. The van der Waals surface area contributed by atoms with Gasteiger partial charge in [0.25, 0.3) is 0 Å². The summed E-state index contributed by atoms with van der Waals surface area (Å²) in [5.41, 5.74) is -0.620. The largest absolute Gasteiger partial charge is 0.388 e. The van der Waals surface area contributed by atoms with Gasteiger partial charge in [0.05, 0.1) is 5.60 Å². The summed E-state index contributed by atoms with van der Waals surface area (Å²) >= 11 is 1.90. The third-order valence-corrected chi connectivity index (χ3v) is 4.92. The number of hydrogen-bond donors (Lipinski definition) is 1. The Kier molecular flexibility index (Phi) is 6.18. The Morgan fingerprint density at radius 2 is 1.89 bits per heavy atom. The highest BCUT2D eigenvalue weighted by molar-refractivity contribution is 8.00. The van der Waals surface area contributed by atoms with Gasteiger partial charge in [0.1, 0.15) is 0 Å². The minimum absolute atomic E-state index is 0.162. The molecule has 0 aromatic carbocycles. The lowest BCUT2D eigenvalue weighted by molar-refractivity contribution is -0.133. The van der Waals surface area contributed by atoms with Crippen molar-refractivity contribution >= 4 is 17.7 Å². The van der Waals surface area contributed by atoms with E-state index in [2.05, 4.69) is 20.8 Å². The summed E-state index contributed by atoms with van der Waals surface area (Å²) in [6, 6.07) is 0. The average Bonchev–Trinajstić information content (AvgIpc) is 2.69. The van der Waals surface area contributed by atoms with Crippen LogP contribution in [0.2, 0.25) is 0 Å². The normalized spacial score (nSPS) is 18.6. The number of rotatable bonds is 6. The number of likely N-dealkylation sites (N-methyl/N-ethyl adjacent to an activating group) is 1. The van der Waals surface area contributed by atoms with E-state index < -0.39 is 5.60 Å². The van der Waals surface area contributed by atoms with E-state index >= 15 is 0 Å². The molecule has 1 aliphatic carbocycles. The Bertz CT molecular complexity index is 293. The van der Waals surface area contributed by atoms with Gasteiger partial charge in [-0.2, -0.15) is 11.8 Å². The van der Waals surface area contributed by atoms with E-state index in [0.717, 1.165) is 37.9 Å². The molecular formula is C15H29NO2S. The molecule has 1 amide bonds. The zero-order chi connectivity index (χ0) is 14.5. The molecule has 0 aromatic rings. The maximum atomic E-state index is 12.0. The molecule has 1 fully saturated rings. The van der Waals surface area contributed by atoms with Crippen LogP contribution in [0.1, 0.15) is 59.3 Å². The highest BCUT2D eigenvalue weighted by atomic mass is 32.2. The number of amides is 1. The Morgan fingerprint density at radius 1 is 1.32 bits per heavy atom. The molecule has 0 spiro atoms. The van der Waals surface area contributed by atoms with Crippen molar-refractivity contribution in [2.75, 3.05) is 19.3 Å². The molecular weight excluding hydrogens is 258 g/mol. The quantitative estimate of drug-likeness (QED) is 0.763. The fourth-order valence-electron chi connectivity index (χ4n) is 2.51. The topological polar surface area (TPSA) is 40.5 Å². The molecule has 19 heavy (non-hydrogen) atoms. The Morgan fingerprint density at radius 3 is 2.42 bits per heavy atom. The van der Waals surface area contributed by atoms with Gasteiger partial charge in [-0.05, 0) is 25.0 Å². The van der Waals surface area contributed by atoms with E-state index in [9.17, 15) is 9.90 Å². The van der Waals surface area contributed by atoms with Crippen LogP contribution in [0.25, 0.3) is 0 Å². The first kappa shape index (κ1) is 16.8. The van der Waals surface area contributed by atoms with E-state index in [4.69, 9.17) is 0 Å². The first-order valence-electron chi connectivity index (χ1n) is 7.32. The zero-order valence-electron chi connectivity index (χ0n) is 12.9. The van der Waals surface area contributed by atoms with Crippen LogP contribution >= 0.6 is 11.8 Å². The molecule has 0 saturated heterocycles. The monoisotopic (exact) mass is 287 g/mol. The fraction of sp³-hybridized carbons (Fsp3) is 0.933. The van der Waals surface area contributed by atoms with Crippen molar-refractivity contribution in [1.82, 2.24) is 4.90 Å². The van der Waals surface area contributed by atoms with Gasteiger partial charge >= 0.3 is 0 Å². The molecule has 0 atom stereocenters. The summed E-state index contributed by atoms with van der Waals surface area (Å²) in [5, 5.41) is 10.3. The van der Waals surface area contributed by atoms with Gasteiger partial charge in [0.15, 0.2) is 0 Å². The van der Waals surface area contributed by atoms with Crippen LogP contribution in [-0.2, 0) is 4.79 Å². The SMILES string of the molecule is CN(CC1(O)CCCC1)C(=O)CCCSC(C)(C)C. The molecule has 0 bridgehead atoms. The van der Waals surface area contributed by atoms with Gasteiger partial charge in [0.2, 0.25) is 5.91 Å². The molecule has 0 radical (unpaired) electrons. The van der Waals surface area contributed by atoms with Crippen molar-refractivity contribution in [1.29, 1.82) is 0 Å². The number of nitrogens with zero attached hydrogens (tertiary/aromatic N) is 1. The summed E-state index contributed by atoms with van der Waals surface area (Å²) in [6.07, 6.45) is 5.36. The number of aliphatic hydroxyl groups is 1. The van der Waals surface area contributed by atoms with E-state index in [1.54, 1.807) is 4.90 Å². The Labute approximate surface area is 122 Å². The van der Waals surface area contributed by atoms with Crippen molar-refractivity contribution in [2.24, 2.45) is 0 Å². The van der Waals surface area contributed by atoms with Gasteiger partial charge in [0, 0.05) is 24.8 Å². The molecule has 0 aromatic heterocycles. The predicted octanol–water partition coefficient (Wildman–Crippen LogP) is 3.06. The first-order valence-corrected chi connectivity index (χ1v) is 8.31. The van der Waals surface area contributed by atoms with Crippen LogP contribution < -0.4 is 0 Å². The van der Waals surface area contributed by atoms with E-state index in [1.807, 2.05) is 18.8 Å². The second-order valence-corrected chi connectivity index (χ2v) is 8.67. The van der Waals surface area contributed by atoms with E-state index in [1.165, 1.54) is 0 Å². The molecule has 0 unspecified atom stereocenters. The maximum absolute atomic E-state index is 12.0. The van der Waals surface area contributed by atoms with Gasteiger partial charge in [-0.25, -0.2) is 0 Å². The van der Waals surface area contributed by atoms with Gasteiger partial charge < -0.3 is 10.0 Å². The third kappa shape index (κ3) is 6.66. The molecule has 112 valence electrons. The standard InChI is InChI=1S/C15H29NO2S/c1-14(2,3)19-11-7-8-13(17)16(4)12-15(18)9-5-6-10-15/h18H,5-12H2,1-4H3. The second kappa shape index (κ2) is 6.98. The Hall–Kier alpha value is -0.220. The zero-order valence-corrected chi connectivity index (χ0v) is 13.7. The van der Waals surface area contributed by atoms with E-state index in [-0.39, 0.29) is 10.7 Å². The van der Waals surface area contributed by atoms with Crippen molar-refractivity contribution in [2.45, 2.75) is 69.6 Å². The van der Waals surface area contributed by atoms with Crippen molar-refractivity contribution < 1.29 is 9.90 Å². The summed E-state index contributed by atoms with van der Waals surface area (Å²) in [7, 11) is 1.82. The van der Waals surface area contributed by atoms with Crippen LogP contribution in [0.4, 0.5) is 0 Å².